The molecule has 2 aromatic carbocycles. The van der Waals surface area contributed by atoms with E-state index in [1.807, 2.05) is 53.4 Å². The number of carbonyl (C=O) groups excluding carboxylic acids is 1. The molecule has 26 heavy (non-hydrogen) atoms. The molecule has 1 heterocycles. The molecular formula is C21H23NO4. The molecule has 5 heteroatoms. The van der Waals surface area contributed by atoms with Gasteiger partial charge in [-0.05, 0) is 28.8 Å². The van der Waals surface area contributed by atoms with E-state index in [4.69, 9.17) is 14.2 Å². The van der Waals surface area contributed by atoms with Crippen LogP contribution < -0.4 is 9.47 Å². The molecule has 0 atom stereocenters. The first-order valence-electron chi connectivity index (χ1n) is 8.59. The molecular weight excluding hydrogens is 330 g/mol. The van der Waals surface area contributed by atoms with Crippen molar-refractivity contribution in [3.8, 4) is 11.5 Å². The highest BCUT2D eigenvalue weighted by Crippen LogP contribution is 2.33. The molecule has 1 amide bonds. The lowest BCUT2D eigenvalue weighted by atomic mass is 9.97. The SMILES string of the molecule is COc1ccc(C(=CC(=O)N2CCOCC2)c2ccccc2)cc1OC. The Morgan fingerprint density at radius 1 is 0.962 bits per heavy atom. The lowest BCUT2D eigenvalue weighted by molar-refractivity contribution is -0.129. The van der Waals surface area contributed by atoms with Crippen LogP contribution in [0.4, 0.5) is 0 Å². The minimum absolute atomic E-state index is 0.0121. The third kappa shape index (κ3) is 4.06. The van der Waals surface area contributed by atoms with Crippen LogP contribution in [0.2, 0.25) is 0 Å². The Morgan fingerprint density at radius 2 is 1.65 bits per heavy atom. The highest BCUT2D eigenvalue weighted by molar-refractivity contribution is 5.99. The van der Waals surface area contributed by atoms with Crippen LogP contribution in [0.15, 0.2) is 54.6 Å². The summed E-state index contributed by atoms with van der Waals surface area (Å²) < 4.78 is 16.1. The summed E-state index contributed by atoms with van der Waals surface area (Å²) in [6, 6.07) is 15.6. The van der Waals surface area contributed by atoms with Gasteiger partial charge in [-0.25, -0.2) is 0 Å². The molecule has 3 rings (SSSR count). The fraction of sp³-hybridized carbons (Fsp3) is 0.286. The van der Waals surface area contributed by atoms with Gasteiger partial charge in [-0.3, -0.25) is 4.79 Å². The van der Waals surface area contributed by atoms with Gasteiger partial charge in [0, 0.05) is 19.2 Å². The van der Waals surface area contributed by atoms with Gasteiger partial charge < -0.3 is 19.1 Å². The van der Waals surface area contributed by atoms with E-state index in [1.165, 1.54) is 0 Å². The quantitative estimate of drug-likeness (QED) is 0.776. The maximum Gasteiger partial charge on any atom is 0.247 e. The number of ether oxygens (including phenoxy) is 3. The van der Waals surface area contributed by atoms with E-state index in [-0.39, 0.29) is 5.91 Å². The summed E-state index contributed by atoms with van der Waals surface area (Å²) in [4.78, 5) is 14.6. The van der Waals surface area contributed by atoms with Gasteiger partial charge in [-0.2, -0.15) is 0 Å². The Bertz CT molecular complexity index is 780. The highest BCUT2D eigenvalue weighted by atomic mass is 16.5. The Balaban J connectivity index is 2.01. The molecule has 1 fully saturated rings. The second-order valence-corrected chi connectivity index (χ2v) is 5.93. The van der Waals surface area contributed by atoms with Gasteiger partial charge in [-0.1, -0.05) is 36.4 Å². The fourth-order valence-electron chi connectivity index (χ4n) is 2.95. The average molecular weight is 353 g/mol. The summed E-state index contributed by atoms with van der Waals surface area (Å²) in [5.41, 5.74) is 2.72. The lowest BCUT2D eigenvalue weighted by Gasteiger charge is -2.26. The van der Waals surface area contributed by atoms with E-state index < -0.39 is 0 Å². The van der Waals surface area contributed by atoms with Crippen molar-refractivity contribution in [1.29, 1.82) is 0 Å². The predicted molar refractivity (Wildman–Crippen MR) is 100 cm³/mol. The number of carbonyl (C=O) groups is 1. The lowest BCUT2D eigenvalue weighted by Crippen LogP contribution is -2.39. The van der Waals surface area contributed by atoms with Crippen molar-refractivity contribution in [2.45, 2.75) is 0 Å². The summed E-state index contributed by atoms with van der Waals surface area (Å²) >= 11 is 0. The normalized spacial score (nSPS) is 14.8. The smallest absolute Gasteiger partial charge is 0.247 e. The zero-order valence-electron chi connectivity index (χ0n) is 15.1. The molecule has 0 N–H and O–H groups in total. The number of hydrogen-bond acceptors (Lipinski definition) is 4. The van der Waals surface area contributed by atoms with E-state index in [0.29, 0.717) is 37.8 Å². The van der Waals surface area contributed by atoms with E-state index in [9.17, 15) is 4.79 Å². The van der Waals surface area contributed by atoms with Crippen LogP contribution in [0.25, 0.3) is 5.57 Å². The summed E-state index contributed by atoms with van der Waals surface area (Å²) in [6.45, 7) is 2.39. The van der Waals surface area contributed by atoms with Crippen LogP contribution in [0.1, 0.15) is 11.1 Å². The first-order chi connectivity index (χ1) is 12.7. The molecule has 0 aromatic heterocycles. The second-order valence-electron chi connectivity index (χ2n) is 5.93. The van der Waals surface area contributed by atoms with Crippen LogP contribution in [-0.2, 0) is 9.53 Å². The number of nitrogens with zero attached hydrogens (tertiary/aromatic N) is 1. The number of hydrogen-bond donors (Lipinski definition) is 0. The van der Waals surface area contributed by atoms with E-state index in [1.54, 1.807) is 20.3 Å². The molecule has 0 saturated carbocycles. The zero-order chi connectivity index (χ0) is 18.4. The molecule has 1 aliphatic heterocycles. The van der Waals surface area contributed by atoms with Crippen LogP contribution in [-0.4, -0.2) is 51.3 Å². The Hall–Kier alpha value is -2.79. The molecule has 2 aromatic rings. The van der Waals surface area contributed by atoms with Crippen LogP contribution >= 0.6 is 0 Å². The van der Waals surface area contributed by atoms with Crippen LogP contribution in [0.5, 0.6) is 11.5 Å². The number of benzene rings is 2. The van der Waals surface area contributed by atoms with Crippen molar-refractivity contribution in [2.75, 3.05) is 40.5 Å². The van der Waals surface area contributed by atoms with Gasteiger partial charge in [0.25, 0.3) is 0 Å². The maximum absolute atomic E-state index is 12.8. The van der Waals surface area contributed by atoms with Crippen LogP contribution in [0, 0.1) is 0 Å². The molecule has 0 aliphatic carbocycles. The third-order valence-electron chi connectivity index (χ3n) is 4.37. The zero-order valence-corrected chi connectivity index (χ0v) is 15.1. The predicted octanol–water partition coefficient (Wildman–Crippen LogP) is 2.99. The minimum atomic E-state index is -0.0121. The van der Waals surface area contributed by atoms with E-state index >= 15 is 0 Å². The molecule has 0 radical (unpaired) electrons. The van der Waals surface area contributed by atoms with E-state index in [0.717, 1.165) is 16.7 Å². The minimum Gasteiger partial charge on any atom is -0.493 e. The van der Waals surface area contributed by atoms with Gasteiger partial charge in [0.1, 0.15) is 0 Å². The standard InChI is InChI=1S/C21H23NO4/c1-24-19-9-8-17(14-20(19)25-2)18(16-6-4-3-5-7-16)15-21(23)22-10-12-26-13-11-22/h3-9,14-15H,10-13H2,1-2H3. The number of amides is 1. The van der Waals surface area contributed by atoms with Crippen molar-refractivity contribution >= 4 is 11.5 Å². The van der Waals surface area contributed by atoms with Gasteiger partial charge >= 0.3 is 0 Å². The monoisotopic (exact) mass is 353 g/mol. The molecule has 0 unspecified atom stereocenters. The van der Waals surface area contributed by atoms with Crippen molar-refractivity contribution < 1.29 is 19.0 Å². The van der Waals surface area contributed by atoms with Gasteiger partial charge in [-0.15, -0.1) is 0 Å². The Labute approximate surface area is 153 Å². The summed E-state index contributed by atoms with van der Waals surface area (Å²) in [6.07, 6.45) is 1.70. The summed E-state index contributed by atoms with van der Waals surface area (Å²) in [5, 5.41) is 0. The number of morpholine rings is 1. The fourth-order valence-corrected chi connectivity index (χ4v) is 2.95. The first kappa shape index (κ1) is 18.0. The topological polar surface area (TPSA) is 48.0 Å². The third-order valence-corrected chi connectivity index (χ3v) is 4.37. The molecule has 0 bridgehead atoms. The first-order valence-corrected chi connectivity index (χ1v) is 8.59. The maximum atomic E-state index is 12.8. The van der Waals surface area contributed by atoms with Crippen molar-refractivity contribution in [1.82, 2.24) is 4.90 Å². The highest BCUT2D eigenvalue weighted by Gasteiger charge is 2.17. The number of methoxy groups -OCH3 is 2. The summed E-state index contributed by atoms with van der Waals surface area (Å²) in [7, 11) is 3.21. The van der Waals surface area contributed by atoms with Crippen molar-refractivity contribution in [3.05, 3.63) is 65.7 Å². The largest absolute Gasteiger partial charge is 0.493 e. The van der Waals surface area contributed by atoms with Crippen LogP contribution in [0.3, 0.4) is 0 Å². The van der Waals surface area contributed by atoms with Gasteiger partial charge in [0.05, 0.1) is 27.4 Å². The molecule has 0 spiro atoms. The second kappa shape index (κ2) is 8.54. The number of rotatable bonds is 5. The van der Waals surface area contributed by atoms with Crippen molar-refractivity contribution in [3.63, 3.8) is 0 Å². The van der Waals surface area contributed by atoms with Crippen molar-refractivity contribution in [2.24, 2.45) is 0 Å². The van der Waals surface area contributed by atoms with E-state index in [2.05, 4.69) is 0 Å². The van der Waals surface area contributed by atoms with Gasteiger partial charge in [0.15, 0.2) is 11.5 Å². The molecule has 1 aliphatic rings. The molecule has 136 valence electrons. The average Bonchev–Trinajstić information content (AvgIpc) is 2.72. The van der Waals surface area contributed by atoms with Gasteiger partial charge in [0.2, 0.25) is 5.91 Å². The Morgan fingerprint density at radius 3 is 2.31 bits per heavy atom. The molecule has 5 nitrogen and oxygen atoms in total. The summed E-state index contributed by atoms with van der Waals surface area (Å²) in [5.74, 6) is 1.27. The molecule has 1 saturated heterocycles. The Kier molecular flexibility index (Phi) is 5.92.